The van der Waals surface area contributed by atoms with Gasteiger partial charge >= 0.3 is 11.9 Å². The molecule has 1 aliphatic heterocycles. The monoisotopic (exact) mass is 318 g/mol. The number of rotatable bonds is 8. The lowest BCUT2D eigenvalue weighted by Gasteiger charge is -2.29. The molecule has 2 atom stereocenters. The average Bonchev–Trinajstić information content (AvgIpc) is 2.50. The first kappa shape index (κ1) is 17.5. The Labute approximate surface area is 138 Å². The van der Waals surface area contributed by atoms with Crippen LogP contribution in [0.5, 0.6) is 0 Å². The number of carbonyl (C=O) groups excluding carboxylic acids is 2. The Kier molecular flexibility index (Phi) is 6.63. The summed E-state index contributed by atoms with van der Waals surface area (Å²) < 4.78 is 10.6. The van der Waals surface area contributed by atoms with Crippen molar-refractivity contribution in [2.75, 3.05) is 0 Å². The first-order valence-electron chi connectivity index (χ1n) is 8.59. The van der Waals surface area contributed by atoms with Crippen LogP contribution in [0.2, 0.25) is 0 Å². The molecular formula is C19H26O4. The summed E-state index contributed by atoms with van der Waals surface area (Å²) in [4.78, 5) is 23.3. The van der Waals surface area contributed by atoms with Gasteiger partial charge in [0.15, 0.2) is 0 Å². The Morgan fingerprint density at radius 1 is 1.22 bits per heavy atom. The first-order valence-corrected chi connectivity index (χ1v) is 8.59. The number of allylic oxidation sites excluding steroid dienone is 1. The summed E-state index contributed by atoms with van der Waals surface area (Å²) in [6, 6.07) is 0. The van der Waals surface area contributed by atoms with Crippen LogP contribution in [0, 0.1) is 5.92 Å². The molecule has 4 nitrogen and oxygen atoms in total. The molecule has 126 valence electrons. The van der Waals surface area contributed by atoms with E-state index in [0.717, 1.165) is 18.4 Å². The topological polar surface area (TPSA) is 52.6 Å². The number of esters is 2. The van der Waals surface area contributed by atoms with E-state index in [1.807, 2.05) is 13.0 Å². The van der Waals surface area contributed by atoms with Gasteiger partial charge < -0.3 is 9.47 Å². The van der Waals surface area contributed by atoms with Gasteiger partial charge in [-0.2, -0.15) is 0 Å². The van der Waals surface area contributed by atoms with Crippen molar-refractivity contribution in [1.82, 2.24) is 0 Å². The van der Waals surface area contributed by atoms with Crippen LogP contribution in [0.3, 0.4) is 0 Å². The molecule has 4 heteroatoms. The van der Waals surface area contributed by atoms with Crippen LogP contribution >= 0.6 is 0 Å². The lowest BCUT2D eigenvalue weighted by atomic mass is 9.88. The average molecular weight is 318 g/mol. The molecule has 1 heterocycles. The third kappa shape index (κ3) is 5.38. The number of fused-ring (bicyclic) bond motifs is 1. The lowest BCUT2D eigenvalue weighted by molar-refractivity contribution is -0.143. The summed E-state index contributed by atoms with van der Waals surface area (Å²) in [5.74, 6) is -0.0317. The second kappa shape index (κ2) is 8.70. The molecule has 0 spiro atoms. The number of hydrogen-bond donors (Lipinski definition) is 0. The van der Waals surface area contributed by atoms with Crippen LogP contribution in [0.15, 0.2) is 35.6 Å². The summed E-state index contributed by atoms with van der Waals surface area (Å²) in [6.45, 7) is 4.10. The number of carbonyl (C=O) groups is 2. The third-order valence-electron chi connectivity index (χ3n) is 4.24. The van der Waals surface area contributed by atoms with E-state index < -0.39 is 0 Å². The van der Waals surface area contributed by atoms with Crippen LogP contribution in [0.4, 0.5) is 0 Å². The van der Waals surface area contributed by atoms with Gasteiger partial charge in [0.2, 0.25) is 0 Å². The van der Waals surface area contributed by atoms with E-state index in [0.29, 0.717) is 12.2 Å². The van der Waals surface area contributed by atoms with Crippen LogP contribution in [-0.2, 0) is 19.1 Å². The molecule has 1 aliphatic carbocycles. The van der Waals surface area contributed by atoms with Gasteiger partial charge in [0.1, 0.15) is 11.9 Å². The van der Waals surface area contributed by atoms with E-state index in [1.165, 1.54) is 31.8 Å². The second-order valence-electron chi connectivity index (χ2n) is 6.24. The molecule has 23 heavy (non-hydrogen) atoms. The molecule has 0 saturated carbocycles. The van der Waals surface area contributed by atoms with Crippen LogP contribution in [0.1, 0.15) is 58.8 Å². The summed E-state index contributed by atoms with van der Waals surface area (Å²) in [5, 5.41) is 0. The van der Waals surface area contributed by atoms with E-state index in [4.69, 9.17) is 9.47 Å². The van der Waals surface area contributed by atoms with Crippen molar-refractivity contribution < 1.29 is 19.1 Å². The van der Waals surface area contributed by atoms with Gasteiger partial charge in [0.25, 0.3) is 0 Å². The van der Waals surface area contributed by atoms with Crippen LogP contribution < -0.4 is 0 Å². The molecule has 0 saturated heterocycles. The Morgan fingerprint density at radius 3 is 2.74 bits per heavy atom. The zero-order valence-electron chi connectivity index (χ0n) is 14.0. The van der Waals surface area contributed by atoms with Crippen molar-refractivity contribution in [3.05, 3.63) is 35.6 Å². The summed E-state index contributed by atoms with van der Waals surface area (Å²) in [6.07, 6.45) is 13.8. The fourth-order valence-electron chi connectivity index (χ4n) is 2.90. The third-order valence-corrected chi connectivity index (χ3v) is 4.24. The first-order chi connectivity index (χ1) is 11.1. The molecule has 0 radical (unpaired) electrons. The summed E-state index contributed by atoms with van der Waals surface area (Å²) >= 11 is 0. The fraction of sp³-hybridized carbons (Fsp3) is 0.579. The molecule has 0 aromatic heterocycles. The van der Waals surface area contributed by atoms with Crippen molar-refractivity contribution in [2.24, 2.45) is 5.92 Å². The SMILES string of the molecule is CCCCCCCCC(=O)OC1=CC2OC(=O)C=C(C)C2C=C1. The van der Waals surface area contributed by atoms with E-state index in [1.54, 1.807) is 12.2 Å². The highest BCUT2D eigenvalue weighted by molar-refractivity contribution is 5.84. The highest BCUT2D eigenvalue weighted by Crippen LogP contribution is 2.30. The Bertz CT molecular complexity index is 527. The zero-order valence-corrected chi connectivity index (χ0v) is 14.0. The van der Waals surface area contributed by atoms with Gasteiger partial charge in [-0.05, 0) is 25.5 Å². The molecule has 2 rings (SSSR count). The minimum Gasteiger partial charge on any atom is -0.454 e. The molecule has 2 unspecified atom stereocenters. The van der Waals surface area contributed by atoms with Crippen LogP contribution in [-0.4, -0.2) is 18.0 Å². The number of ether oxygens (including phenoxy) is 2. The lowest BCUT2D eigenvalue weighted by Crippen LogP contribution is -2.31. The Morgan fingerprint density at radius 2 is 1.96 bits per heavy atom. The standard InChI is InChI=1S/C19H26O4/c1-3-4-5-6-7-8-9-18(20)22-15-10-11-16-14(2)12-19(21)23-17(16)13-15/h10-13,16-17H,3-9H2,1-2H3. The van der Waals surface area contributed by atoms with Gasteiger partial charge in [-0.15, -0.1) is 0 Å². The van der Waals surface area contributed by atoms with Crippen molar-refractivity contribution in [1.29, 1.82) is 0 Å². The minimum absolute atomic E-state index is 0.0497. The molecule has 0 aromatic rings. The molecule has 2 aliphatic rings. The minimum atomic E-state index is -0.366. The second-order valence-corrected chi connectivity index (χ2v) is 6.24. The van der Waals surface area contributed by atoms with Crippen molar-refractivity contribution in [2.45, 2.75) is 64.9 Å². The van der Waals surface area contributed by atoms with Crippen molar-refractivity contribution in [3.63, 3.8) is 0 Å². The Balaban J connectivity index is 1.75. The van der Waals surface area contributed by atoms with Gasteiger partial charge in [0.05, 0.1) is 0 Å². The maximum absolute atomic E-state index is 11.9. The summed E-state index contributed by atoms with van der Waals surface area (Å²) in [7, 11) is 0. The van der Waals surface area contributed by atoms with Gasteiger partial charge in [-0.25, -0.2) is 4.79 Å². The number of hydrogen-bond acceptors (Lipinski definition) is 4. The molecule has 0 amide bonds. The maximum Gasteiger partial charge on any atom is 0.331 e. The largest absolute Gasteiger partial charge is 0.454 e. The van der Waals surface area contributed by atoms with Crippen molar-refractivity contribution in [3.8, 4) is 0 Å². The number of unbranched alkanes of at least 4 members (excludes halogenated alkanes) is 5. The molecular weight excluding hydrogens is 292 g/mol. The van der Waals surface area contributed by atoms with Gasteiger partial charge in [-0.3, -0.25) is 4.79 Å². The summed E-state index contributed by atoms with van der Waals surface area (Å²) in [5.41, 5.74) is 0.969. The fourth-order valence-corrected chi connectivity index (χ4v) is 2.90. The Hall–Kier alpha value is -1.84. The maximum atomic E-state index is 11.9. The molecule has 0 fully saturated rings. The van der Waals surface area contributed by atoms with Crippen molar-refractivity contribution >= 4 is 11.9 Å². The van der Waals surface area contributed by atoms with E-state index in [9.17, 15) is 9.59 Å². The smallest absolute Gasteiger partial charge is 0.331 e. The van der Waals surface area contributed by atoms with E-state index >= 15 is 0 Å². The predicted molar refractivity (Wildman–Crippen MR) is 88.4 cm³/mol. The molecule has 0 N–H and O–H groups in total. The van der Waals surface area contributed by atoms with Gasteiger partial charge in [0, 0.05) is 18.4 Å². The molecule has 0 aromatic carbocycles. The highest BCUT2D eigenvalue weighted by Gasteiger charge is 2.30. The normalized spacial score (nSPS) is 22.8. The highest BCUT2D eigenvalue weighted by atomic mass is 16.6. The predicted octanol–water partition coefficient (Wildman–Crippen LogP) is 4.22. The quantitative estimate of drug-likeness (QED) is 0.496. The zero-order chi connectivity index (χ0) is 16.7. The van der Waals surface area contributed by atoms with Crippen LogP contribution in [0.25, 0.3) is 0 Å². The molecule has 0 bridgehead atoms. The van der Waals surface area contributed by atoms with E-state index in [2.05, 4.69) is 6.92 Å². The van der Waals surface area contributed by atoms with E-state index in [-0.39, 0.29) is 24.0 Å². The van der Waals surface area contributed by atoms with Gasteiger partial charge in [-0.1, -0.05) is 50.7 Å².